The van der Waals surface area contributed by atoms with Crippen molar-refractivity contribution in [2.24, 2.45) is 0 Å². The summed E-state index contributed by atoms with van der Waals surface area (Å²) in [6.07, 6.45) is 0. The van der Waals surface area contributed by atoms with E-state index >= 15 is 0 Å². The van der Waals surface area contributed by atoms with Crippen LogP contribution in [0.3, 0.4) is 0 Å². The summed E-state index contributed by atoms with van der Waals surface area (Å²) in [6, 6.07) is 15.5. The average Bonchev–Trinajstić information content (AvgIpc) is 2.74. The van der Waals surface area contributed by atoms with E-state index in [2.05, 4.69) is 4.90 Å². The summed E-state index contributed by atoms with van der Waals surface area (Å²) in [6.45, 7) is 3.45. The summed E-state index contributed by atoms with van der Waals surface area (Å²) >= 11 is 0. The van der Waals surface area contributed by atoms with Gasteiger partial charge in [-0.15, -0.1) is 0 Å². The molecular weight excluding hydrogens is 378 g/mol. The Hall–Kier alpha value is -2.60. The van der Waals surface area contributed by atoms with E-state index < -0.39 is 10.0 Å². The zero-order chi connectivity index (χ0) is 20.0. The predicted molar refractivity (Wildman–Crippen MR) is 105 cm³/mol. The van der Waals surface area contributed by atoms with Crippen molar-refractivity contribution < 1.29 is 17.9 Å². The number of nitrogens with zero attached hydrogens (tertiary/aromatic N) is 3. The Balaban J connectivity index is 1.47. The van der Waals surface area contributed by atoms with Gasteiger partial charge in [0.2, 0.25) is 10.0 Å². The average molecular weight is 401 g/mol. The van der Waals surface area contributed by atoms with E-state index in [1.54, 1.807) is 7.11 Å². The van der Waals surface area contributed by atoms with Crippen molar-refractivity contribution in [3.05, 3.63) is 54.1 Å². The second-order valence-corrected chi connectivity index (χ2v) is 8.34. The van der Waals surface area contributed by atoms with Crippen molar-refractivity contribution in [2.75, 3.05) is 46.4 Å². The highest BCUT2D eigenvalue weighted by atomic mass is 32.2. The number of nitriles is 1. The van der Waals surface area contributed by atoms with Crippen LogP contribution in [-0.4, -0.2) is 64.1 Å². The number of benzene rings is 2. The SMILES string of the molecule is COc1ccc(OCCN2CCN(S(=O)(=O)c3ccc(C#N)cc3)CC2)cc1. The van der Waals surface area contributed by atoms with Crippen LogP contribution in [0, 0.1) is 11.3 Å². The second-order valence-electron chi connectivity index (χ2n) is 6.41. The maximum Gasteiger partial charge on any atom is 0.243 e. The molecule has 0 aliphatic carbocycles. The molecule has 0 saturated carbocycles. The quantitative estimate of drug-likeness (QED) is 0.705. The maximum absolute atomic E-state index is 12.7. The molecule has 1 fully saturated rings. The first-order valence-electron chi connectivity index (χ1n) is 9.02. The monoisotopic (exact) mass is 401 g/mol. The first-order valence-corrected chi connectivity index (χ1v) is 10.5. The fraction of sp³-hybridized carbons (Fsp3) is 0.350. The lowest BCUT2D eigenvalue weighted by atomic mass is 10.2. The van der Waals surface area contributed by atoms with Crippen molar-refractivity contribution in [3.63, 3.8) is 0 Å². The Morgan fingerprint density at radius 2 is 1.57 bits per heavy atom. The second kappa shape index (κ2) is 9.06. The molecule has 7 nitrogen and oxygen atoms in total. The molecule has 3 rings (SSSR count). The number of hydrogen-bond acceptors (Lipinski definition) is 6. The van der Waals surface area contributed by atoms with Gasteiger partial charge >= 0.3 is 0 Å². The Bertz CT molecular complexity index is 913. The molecule has 2 aromatic rings. The lowest BCUT2D eigenvalue weighted by molar-refractivity contribution is 0.159. The molecule has 0 N–H and O–H groups in total. The molecule has 0 spiro atoms. The van der Waals surface area contributed by atoms with Crippen LogP contribution < -0.4 is 9.47 Å². The van der Waals surface area contributed by atoms with Crippen LogP contribution in [0.25, 0.3) is 0 Å². The van der Waals surface area contributed by atoms with Gasteiger partial charge in [-0.3, -0.25) is 4.90 Å². The molecule has 0 aromatic heterocycles. The van der Waals surface area contributed by atoms with Crippen LogP contribution in [-0.2, 0) is 10.0 Å². The third-order valence-electron chi connectivity index (χ3n) is 4.69. The number of sulfonamides is 1. The van der Waals surface area contributed by atoms with Crippen molar-refractivity contribution in [2.45, 2.75) is 4.90 Å². The van der Waals surface area contributed by atoms with E-state index in [1.165, 1.54) is 28.6 Å². The van der Waals surface area contributed by atoms with Crippen molar-refractivity contribution >= 4 is 10.0 Å². The fourth-order valence-electron chi connectivity index (χ4n) is 3.01. The molecule has 1 heterocycles. The molecule has 1 aliphatic rings. The summed E-state index contributed by atoms with van der Waals surface area (Å²) in [4.78, 5) is 2.41. The highest BCUT2D eigenvalue weighted by Gasteiger charge is 2.28. The zero-order valence-electron chi connectivity index (χ0n) is 15.7. The van der Waals surface area contributed by atoms with Gasteiger partial charge in [-0.2, -0.15) is 9.57 Å². The summed E-state index contributed by atoms with van der Waals surface area (Å²) in [5.41, 5.74) is 0.445. The topological polar surface area (TPSA) is 82.9 Å². The van der Waals surface area contributed by atoms with Crippen LogP contribution in [0.5, 0.6) is 11.5 Å². The van der Waals surface area contributed by atoms with Crippen LogP contribution in [0.4, 0.5) is 0 Å². The minimum absolute atomic E-state index is 0.225. The molecule has 0 radical (unpaired) electrons. The van der Waals surface area contributed by atoms with E-state index in [1.807, 2.05) is 30.3 Å². The summed E-state index contributed by atoms with van der Waals surface area (Å²) in [5, 5.41) is 8.85. The smallest absolute Gasteiger partial charge is 0.243 e. The Kier molecular flexibility index (Phi) is 6.52. The van der Waals surface area contributed by atoms with Crippen LogP contribution in [0.2, 0.25) is 0 Å². The van der Waals surface area contributed by atoms with E-state index in [-0.39, 0.29) is 4.90 Å². The first-order chi connectivity index (χ1) is 13.5. The number of methoxy groups -OCH3 is 1. The van der Waals surface area contributed by atoms with E-state index in [9.17, 15) is 8.42 Å². The van der Waals surface area contributed by atoms with Gasteiger partial charge in [-0.05, 0) is 48.5 Å². The molecular formula is C20H23N3O4S. The molecule has 0 atom stereocenters. The van der Waals surface area contributed by atoms with E-state index in [0.29, 0.717) is 38.3 Å². The lowest BCUT2D eigenvalue weighted by Gasteiger charge is -2.33. The van der Waals surface area contributed by atoms with Crippen LogP contribution >= 0.6 is 0 Å². The zero-order valence-corrected chi connectivity index (χ0v) is 16.6. The van der Waals surface area contributed by atoms with Gasteiger partial charge in [0.25, 0.3) is 0 Å². The minimum atomic E-state index is -3.53. The number of piperazine rings is 1. The molecule has 2 aromatic carbocycles. The van der Waals surface area contributed by atoms with Gasteiger partial charge in [0.1, 0.15) is 18.1 Å². The summed E-state index contributed by atoms with van der Waals surface area (Å²) in [7, 11) is -1.90. The van der Waals surface area contributed by atoms with Crippen molar-refractivity contribution in [1.29, 1.82) is 5.26 Å². The third-order valence-corrected chi connectivity index (χ3v) is 6.60. The lowest BCUT2D eigenvalue weighted by Crippen LogP contribution is -2.49. The third kappa shape index (κ3) is 4.81. The number of ether oxygens (including phenoxy) is 2. The molecule has 28 heavy (non-hydrogen) atoms. The highest BCUT2D eigenvalue weighted by molar-refractivity contribution is 7.89. The Labute approximate surface area is 165 Å². The van der Waals surface area contributed by atoms with Gasteiger partial charge < -0.3 is 9.47 Å². The minimum Gasteiger partial charge on any atom is -0.497 e. The Morgan fingerprint density at radius 3 is 2.14 bits per heavy atom. The summed E-state index contributed by atoms with van der Waals surface area (Å²) < 4.78 is 37.8. The summed E-state index contributed by atoms with van der Waals surface area (Å²) in [5.74, 6) is 1.56. The molecule has 0 bridgehead atoms. The normalized spacial score (nSPS) is 15.7. The van der Waals surface area contributed by atoms with Crippen LogP contribution in [0.1, 0.15) is 5.56 Å². The first kappa shape index (κ1) is 20.1. The predicted octanol–water partition coefficient (Wildman–Crippen LogP) is 1.95. The van der Waals surface area contributed by atoms with Crippen molar-refractivity contribution in [3.8, 4) is 17.6 Å². The highest BCUT2D eigenvalue weighted by Crippen LogP contribution is 2.19. The largest absolute Gasteiger partial charge is 0.497 e. The molecule has 1 saturated heterocycles. The number of hydrogen-bond donors (Lipinski definition) is 0. The van der Waals surface area contributed by atoms with E-state index in [0.717, 1.165) is 18.0 Å². The van der Waals surface area contributed by atoms with Gasteiger partial charge in [-0.25, -0.2) is 8.42 Å². The van der Waals surface area contributed by atoms with Gasteiger partial charge in [0, 0.05) is 32.7 Å². The molecule has 8 heteroatoms. The van der Waals surface area contributed by atoms with Crippen molar-refractivity contribution in [1.82, 2.24) is 9.21 Å². The Morgan fingerprint density at radius 1 is 0.964 bits per heavy atom. The molecule has 1 aliphatic heterocycles. The maximum atomic E-state index is 12.7. The molecule has 148 valence electrons. The van der Waals surface area contributed by atoms with Gasteiger partial charge in [0.05, 0.1) is 23.6 Å². The molecule has 0 amide bonds. The number of rotatable bonds is 7. The van der Waals surface area contributed by atoms with E-state index in [4.69, 9.17) is 14.7 Å². The van der Waals surface area contributed by atoms with Gasteiger partial charge in [-0.1, -0.05) is 0 Å². The van der Waals surface area contributed by atoms with Crippen LogP contribution in [0.15, 0.2) is 53.4 Å². The standard InChI is InChI=1S/C20H23N3O4S/c1-26-18-4-6-19(7-5-18)27-15-14-22-10-12-23(13-11-22)28(24,25)20-8-2-17(16-21)3-9-20/h2-9H,10-15H2,1H3. The fourth-order valence-corrected chi connectivity index (χ4v) is 4.43. The molecule has 0 unspecified atom stereocenters. The van der Waals surface area contributed by atoms with Gasteiger partial charge in [0.15, 0.2) is 0 Å².